The molecule has 124 valence electrons. The van der Waals surface area contributed by atoms with Gasteiger partial charge in [-0.3, -0.25) is 14.6 Å². The predicted molar refractivity (Wildman–Crippen MR) is 84.4 cm³/mol. The van der Waals surface area contributed by atoms with Crippen molar-refractivity contribution in [2.45, 2.75) is 32.6 Å². The Morgan fingerprint density at radius 3 is 2.32 bits per heavy atom. The Balaban J connectivity index is 3.21. The van der Waals surface area contributed by atoms with Gasteiger partial charge in [0.05, 0.1) is 14.2 Å². The van der Waals surface area contributed by atoms with Crippen LogP contribution in [0.2, 0.25) is 0 Å². The average molecular weight is 332 g/mol. The van der Waals surface area contributed by atoms with Crippen molar-refractivity contribution in [2.75, 3.05) is 14.2 Å². The molecular formula is C15H22ClNO5. The number of carbonyl (C=O) groups is 1. The highest BCUT2D eigenvalue weighted by Crippen LogP contribution is 2.36. The van der Waals surface area contributed by atoms with Crippen LogP contribution in [-0.2, 0) is 0 Å². The molecule has 1 aromatic rings. The Morgan fingerprint density at radius 2 is 1.86 bits per heavy atom. The van der Waals surface area contributed by atoms with E-state index in [0.29, 0.717) is 6.42 Å². The van der Waals surface area contributed by atoms with Crippen LogP contribution in [0.4, 0.5) is 0 Å². The van der Waals surface area contributed by atoms with Crippen molar-refractivity contribution in [1.82, 2.24) is 4.98 Å². The molecule has 1 heterocycles. The topological polar surface area (TPSA) is 88.6 Å². The third-order valence-electron chi connectivity index (χ3n) is 3.72. The summed E-state index contributed by atoms with van der Waals surface area (Å²) in [5.74, 6) is -1.42. The van der Waals surface area contributed by atoms with Crippen molar-refractivity contribution in [3.05, 3.63) is 15.9 Å². The molecule has 0 saturated heterocycles. The smallest absolute Gasteiger partial charge is 0.265 e. The van der Waals surface area contributed by atoms with Gasteiger partial charge in [-0.15, -0.1) is 11.6 Å². The molecule has 22 heavy (non-hydrogen) atoms. The van der Waals surface area contributed by atoms with Gasteiger partial charge in [0.1, 0.15) is 5.56 Å². The molecule has 0 bridgehead atoms. The van der Waals surface area contributed by atoms with Crippen molar-refractivity contribution >= 4 is 17.4 Å². The summed E-state index contributed by atoms with van der Waals surface area (Å²) in [6.07, 6.45) is 0.511. The van der Waals surface area contributed by atoms with E-state index in [0.717, 1.165) is 0 Å². The number of hydrogen-bond donors (Lipinski definition) is 2. The Hall–Kier alpha value is -1.69. The number of pyridine rings is 1. The maximum absolute atomic E-state index is 12.5. The number of Topliss-reactive ketones (excluding diaryl/α,β-unsaturated/α-hetero) is 1. The predicted octanol–water partition coefficient (Wildman–Crippen LogP) is 2.57. The summed E-state index contributed by atoms with van der Waals surface area (Å²) in [6, 6.07) is 0. The van der Waals surface area contributed by atoms with E-state index in [9.17, 15) is 14.7 Å². The summed E-state index contributed by atoms with van der Waals surface area (Å²) in [5, 5.41) is 10.1. The zero-order valence-electron chi connectivity index (χ0n) is 13.4. The molecule has 0 radical (unpaired) electrons. The van der Waals surface area contributed by atoms with Crippen molar-refractivity contribution in [2.24, 2.45) is 11.8 Å². The first-order valence-electron chi connectivity index (χ1n) is 7.00. The number of aromatic amines is 1. The van der Waals surface area contributed by atoms with Crippen molar-refractivity contribution < 1.29 is 19.4 Å². The van der Waals surface area contributed by atoms with Crippen LogP contribution >= 0.6 is 11.6 Å². The highest BCUT2D eigenvalue weighted by Gasteiger charge is 2.28. The van der Waals surface area contributed by atoms with Gasteiger partial charge in [-0.05, 0) is 19.3 Å². The fourth-order valence-corrected chi connectivity index (χ4v) is 2.31. The largest absolute Gasteiger partial charge is 0.503 e. The average Bonchev–Trinajstić information content (AvgIpc) is 2.45. The number of alkyl halides is 1. The minimum absolute atomic E-state index is 0.0306. The molecule has 1 aromatic heterocycles. The Kier molecular flexibility index (Phi) is 6.29. The van der Waals surface area contributed by atoms with Crippen LogP contribution in [0.3, 0.4) is 0 Å². The highest BCUT2D eigenvalue weighted by molar-refractivity contribution is 6.20. The van der Waals surface area contributed by atoms with E-state index in [4.69, 9.17) is 21.1 Å². The Morgan fingerprint density at radius 1 is 1.27 bits per heavy atom. The Bertz CT molecular complexity index is 596. The van der Waals surface area contributed by atoms with Crippen molar-refractivity contribution in [1.29, 1.82) is 0 Å². The van der Waals surface area contributed by atoms with Crippen LogP contribution in [0, 0.1) is 11.8 Å². The molecule has 0 saturated carbocycles. The molecule has 1 rings (SSSR count). The quantitative estimate of drug-likeness (QED) is 0.592. The van der Waals surface area contributed by atoms with E-state index in [-0.39, 0.29) is 28.5 Å². The maximum atomic E-state index is 12.5. The second kappa shape index (κ2) is 7.54. The summed E-state index contributed by atoms with van der Waals surface area (Å²) in [7, 11) is 2.63. The molecule has 0 aromatic carbocycles. The van der Waals surface area contributed by atoms with Crippen molar-refractivity contribution in [3.8, 4) is 17.4 Å². The monoisotopic (exact) mass is 331 g/mol. The lowest BCUT2D eigenvalue weighted by Gasteiger charge is -2.19. The number of rotatable bonds is 7. The third kappa shape index (κ3) is 3.74. The first kappa shape index (κ1) is 18.4. The van der Waals surface area contributed by atoms with E-state index < -0.39 is 23.0 Å². The van der Waals surface area contributed by atoms with Gasteiger partial charge in [-0.2, -0.15) is 0 Å². The number of ether oxygens (including phenoxy) is 2. The number of aromatic nitrogens is 1. The molecule has 0 fully saturated rings. The van der Waals surface area contributed by atoms with E-state index in [2.05, 4.69) is 4.98 Å². The molecular weight excluding hydrogens is 310 g/mol. The molecule has 0 aliphatic carbocycles. The number of nitrogens with one attached hydrogen (secondary N) is 1. The molecule has 3 atom stereocenters. The third-order valence-corrected chi connectivity index (χ3v) is 4.15. The number of carbonyl (C=O) groups excluding carboxylic acids is 1. The van der Waals surface area contributed by atoms with Gasteiger partial charge in [0.15, 0.2) is 11.5 Å². The first-order valence-corrected chi connectivity index (χ1v) is 7.43. The fraction of sp³-hybridized carbons (Fsp3) is 0.600. The summed E-state index contributed by atoms with van der Waals surface area (Å²) in [6.45, 7) is 5.48. The summed E-state index contributed by atoms with van der Waals surface area (Å²) in [5.41, 5.74) is -1.03. The molecule has 7 heteroatoms. The van der Waals surface area contributed by atoms with Crippen LogP contribution in [-0.4, -0.2) is 35.5 Å². The van der Waals surface area contributed by atoms with Crippen LogP contribution in [0.5, 0.6) is 17.4 Å². The molecule has 0 aliphatic rings. The van der Waals surface area contributed by atoms with Gasteiger partial charge < -0.3 is 14.6 Å². The first-order chi connectivity index (χ1) is 10.2. The van der Waals surface area contributed by atoms with Crippen molar-refractivity contribution in [3.63, 3.8) is 0 Å². The van der Waals surface area contributed by atoms with E-state index >= 15 is 0 Å². The lowest BCUT2D eigenvalue weighted by Crippen LogP contribution is -2.25. The summed E-state index contributed by atoms with van der Waals surface area (Å²) >= 11 is 6.01. The second-order valence-corrected chi connectivity index (χ2v) is 6.09. The minimum Gasteiger partial charge on any atom is -0.503 e. The number of H-pyrrole nitrogens is 1. The minimum atomic E-state index is -0.710. The maximum Gasteiger partial charge on any atom is 0.265 e. The SMILES string of the molecule is COc1[nH]c(=O)c(C(=O)[C@@H](C)C[C@H](C)[C@H](C)Cl)c(O)c1OC. The molecule has 0 spiro atoms. The number of methoxy groups -OCH3 is 2. The van der Waals surface area contributed by atoms with Crippen LogP contribution in [0.1, 0.15) is 37.6 Å². The highest BCUT2D eigenvalue weighted by atomic mass is 35.5. The van der Waals surface area contributed by atoms with E-state index in [1.807, 2.05) is 13.8 Å². The summed E-state index contributed by atoms with van der Waals surface area (Å²) < 4.78 is 9.91. The number of ketones is 1. The standard InChI is InChI=1S/C15H22ClNO5/c1-7(9(3)16)6-8(2)11(18)10-12(19)13(21-4)15(22-5)17-14(10)20/h7-9H,6H2,1-5H3,(H2,17,19,20)/t7-,8-,9-/m0/s1. The zero-order valence-corrected chi connectivity index (χ0v) is 14.2. The lowest BCUT2D eigenvalue weighted by atomic mass is 9.89. The number of halogens is 1. The lowest BCUT2D eigenvalue weighted by molar-refractivity contribution is 0.0908. The summed E-state index contributed by atoms with van der Waals surface area (Å²) in [4.78, 5) is 26.9. The van der Waals surface area contributed by atoms with Crippen LogP contribution < -0.4 is 15.0 Å². The Labute approximate surface area is 134 Å². The fourth-order valence-electron chi connectivity index (χ4n) is 2.21. The molecule has 0 amide bonds. The van der Waals surface area contributed by atoms with Gasteiger partial charge in [-0.1, -0.05) is 13.8 Å². The molecule has 0 unspecified atom stereocenters. The van der Waals surface area contributed by atoms with Crippen LogP contribution in [0.15, 0.2) is 4.79 Å². The number of aromatic hydroxyl groups is 1. The van der Waals surface area contributed by atoms with Gasteiger partial charge in [0, 0.05) is 11.3 Å². The van der Waals surface area contributed by atoms with Gasteiger partial charge in [-0.25, -0.2) is 0 Å². The van der Waals surface area contributed by atoms with Gasteiger partial charge in [0.2, 0.25) is 11.6 Å². The van der Waals surface area contributed by atoms with E-state index in [1.54, 1.807) is 6.92 Å². The molecule has 6 nitrogen and oxygen atoms in total. The van der Waals surface area contributed by atoms with Gasteiger partial charge in [0.25, 0.3) is 5.56 Å². The molecule has 2 N–H and O–H groups in total. The molecule has 0 aliphatic heterocycles. The van der Waals surface area contributed by atoms with E-state index in [1.165, 1.54) is 14.2 Å². The van der Waals surface area contributed by atoms with Crippen LogP contribution in [0.25, 0.3) is 0 Å². The second-order valence-electron chi connectivity index (χ2n) is 5.40. The zero-order chi connectivity index (χ0) is 17.0. The normalized spacial score (nSPS) is 15.0. The number of hydrogen-bond acceptors (Lipinski definition) is 5. The van der Waals surface area contributed by atoms with Gasteiger partial charge >= 0.3 is 0 Å².